The Hall–Kier alpha value is -3.15. The first kappa shape index (κ1) is 18.2. The van der Waals surface area contributed by atoms with E-state index in [0.29, 0.717) is 12.5 Å². The maximum absolute atomic E-state index is 12.7. The number of fused-ring (bicyclic) bond motifs is 1. The molecule has 2 aromatic carbocycles. The number of carbonyl (C=O) groups excluding carboxylic acids is 1. The molecular formula is C22H24N4O2. The summed E-state index contributed by atoms with van der Waals surface area (Å²) in [5.41, 5.74) is 9.29. The Bertz CT molecular complexity index is 995. The fourth-order valence-corrected chi connectivity index (χ4v) is 3.63. The highest BCUT2D eigenvalue weighted by Gasteiger charge is 2.18. The monoisotopic (exact) mass is 376 g/mol. The number of anilines is 1. The second-order valence-corrected chi connectivity index (χ2v) is 6.98. The summed E-state index contributed by atoms with van der Waals surface area (Å²) >= 11 is 0. The van der Waals surface area contributed by atoms with E-state index < -0.39 is 0 Å². The van der Waals surface area contributed by atoms with Crippen molar-refractivity contribution in [2.24, 2.45) is 0 Å². The number of carbonyl (C=O) groups is 1. The Morgan fingerprint density at radius 3 is 2.46 bits per heavy atom. The van der Waals surface area contributed by atoms with Gasteiger partial charge in [-0.25, -0.2) is 4.98 Å². The third kappa shape index (κ3) is 3.63. The second kappa shape index (κ2) is 7.84. The fraction of sp³-hybridized carbons (Fsp3) is 0.318. The van der Waals surface area contributed by atoms with Crippen LogP contribution in [0, 0.1) is 0 Å². The summed E-state index contributed by atoms with van der Waals surface area (Å²) in [5.74, 6) is 0.806. The average molecular weight is 376 g/mol. The Morgan fingerprint density at radius 1 is 1.04 bits per heavy atom. The minimum absolute atomic E-state index is 0.118. The van der Waals surface area contributed by atoms with Gasteiger partial charge in [-0.2, -0.15) is 4.98 Å². The standard InChI is InChI=1S/C22H24N4O2/c1-2-28-20-18-14-17(10-11-19(18)24-22(23)25-20)15-6-8-16(9-7-15)21(27)26-12-4-3-5-13-26/h6-11,14H,2-5,12-13H2,1H3,(H2,23,24,25). The number of hydrogen-bond donors (Lipinski definition) is 1. The Labute approximate surface area is 164 Å². The zero-order valence-electron chi connectivity index (χ0n) is 16.0. The van der Waals surface area contributed by atoms with Crippen molar-refractivity contribution < 1.29 is 9.53 Å². The summed E-state index contributed by atoms with van der Waals surface area (Å²) in [5, 5.41) is 0.821. The number of ether oxygens (including phenoxy) is 1. The molecule has 0 radical (unpaired) electrons. The first-order valence-corrected chi connectivity index (χ1v) is 9.75. The molecule has 1 fully saturated rings. The third-order valence-electron chi connectivity index (χ3n) is 5.07. The summed E-state index contributed by atoms with van der Waals surface area (Å²) in [4.78, 5) is 23.1. The number of aromatic nitrogens is 2. The predicted octanol–water partition coefficient (Wildman–Crippen LogP) is 3.90. The molecule has 0 saturated carbocycles. The maximum Gasteiger partial charge on any atom is 0.253 e. The lowest BCUT2D eigenvalue weighted by Gasteiger charge is -2.26. The Kier molecular flexibility index (Phi) is 5.10. The van der Waals surface area contributed by atoms with Crippen molar-refractivity contribution in [2.75, 3.05) is 25.4 Å². The van der Waals surface area contributed by atoms with E-state index in [1.807, 2.05) is 54.3 Å². The summed E-state index contributed by atoms with van der Waals surface area (Å²) < 4.78 is 5.63. The van der Waals surface area contributed by atoms with Crippen molar-refractivity contribution in [3.63, 3.8) is 0 Å². The van der Waals surface area contributed by atoms with E-state index in [4.69, 9.17) is 10.5 Å². The molecule has 0 unspecified atom stereocenters. The number of rotatable bonds is 4. The van der Waals surface area contributed by atoms with Crippen LogP contribution >= 0.6 is 0 Å². The number of hydrogen-bond acceptors (Lipinski definition) is 5. The summed E-state index contributed by atoms with van der Waals surface area (Å²) in [6.07, 6.45) is 3.40. The molecule has 1 saturated heterocycles. The van der Waals surface area contributed by atoms with Crippen LogP contribution < -0.4 is 10.5 Å². The van der Waals surface area contributed by atoms with Gasteiger partial charge in [0.05, 0.1) is 17.5 Å². The van der Waals surface area contributed by atoms with Crippen molar-refractivity contribution in [3.8, 4) is 17.0 Å². The molecule has 2 N–H and O–H groups in total. The minimum Gasteiger partial charge on any atom is -0.477 e. The summed E-state index contributed by atoms with van der Waals surface area (Å²) in [7, 11) is 0. The highest BCUT2D eigenvalue weighted by atomic mass is 16.5. The molecule has 0 bridgehead atoms. The molecular weight excluding hydrogens is 352 g/mol. The molecule has 6 heteroatoms. The zero-order chi connectivity index (χ0) is 19.5. The van der Waals surface area contributed by atoms with Gasteiger partial charge in [-0.05, 0) is 61.6 Å². The number of benzene rings is 2. The molecule has 2 heterocycles. The lowest BCUT2D eigenvalue weighted by molar-refractivity contribution is 0.0724. The number of likely N-dealkylation sites (tertiary alicyclic amines) is 1. The highest BCUT2D eigenvalue weighted by molar-refractivity contribution is 5.95. The molecule has 1 amide bonds. The largest absolute Gasteiger partial charge is 0.477 e. The predicted molar refractivity (Wildman–Crippen MR) is 110 cm³/mol. The quantitative estimate of drug-likeness (QED) is 0.747. The van der Waals surface area contributed by atoms with Gasteiger partial charge in [-0.3, -0.25) is 4.79 Å². The van der Waals surface area contributed by atoms with Crippen molar-refractivity contribution in [1.82, 2.24) is 14.9 Å². The van der Waals surface area contributed by atoms with Crippen molar-refractivity contribution in [3.05, 3.63) is 48.0 Å². The number of nitrogens with zero attached hydrogens (tertiary/aromatic N) is 3. The molecule has 3 aromatic rings. The molecule has 4 rings (SSSR count). The van der Waals surface area contributed by atoms with Crippen molar-refractivity contribution in [2.45, 2.75) is 26.2 Å². The number of nitrogen functional groups attached to an aromatic ring is 1. The van der Waals surface area contributed by atoms with Gasteiger partial charge >= 0.3 is 0 Å². The van der Waals surface area contributed by atoms with Crippen LogP contribution in [0.1, 0.15) is 36.5 Å². The van der Waals surface area contributed by atoms with Crippen molar-refractivity contribution >= 4 is 22.8 Å². The fourth-order valence-electron chi connectivity index (χ4n) is 3.63. The van der Waals surface area contributed by atoms with E-state index in [9.17, 15) is 4.79 Å². The van der Waals surface area contributed by atoms with Crippen LogP contribution in [0.4, 0.5) is 5.95 Å². The van der Waals surface area contributed by atoms with Crippen LogP contribution in [0.3, 0.4) is 0 Å². The van der Waals surface area contributed by atoms with E-state index in [2.05, 4.69) is 9.97 Å². The minimum atomic E-state index is 0.118. The lowest BCUT2D eigenvalue weighted by atomic mass is 10.0. The van der Waals surface area contributed by atoms with Crippen LogP contribution in [0.25, 0.3) is 22.0 Å². The summed E-state index contributed by atoms with van der Waals surface area (Å²) in [6, 6.07) is 13.7. The lowest BCUT2D eigenvalue weighted by Crippen LogP contribution is -2.35. The first-order valence-electron chi connectivity index (χ1n) is 9.75. The molecule has 1 aliphatic heterocycles. The molecule has 1 aliphatic rings. The van der Waals surface area contributed by atoms with Gasteiger partial charge in [0.15, 0.2) is 0 Å². The Morgan fingerprint density at radius 2 is 1.75 bits per heavy atom. The molecule has 28 heavy (non-hydrogen) atoms. The van der Waals surface area contributed by atoms with Gasteiger partial charge in [-0.1, -0.05) is 18.2 Å². The molecule has 144 valence electrons. The van der Waals surface area contributed by atoms with Gasteiger partial charge in [0.2, 0.25) is 11.8 Å². The van der Waals surface area contributed by atoms with Crippen molar-refractivity contribution in [1.29, 1.82) is 0 Å². The molecule has 0 aliphatic carbocycles. The average Bonchev–Trinajstić information content (AvgIpc) is 2.74. The first-order chi connectivity index (χ1) is 13.7. The van der Waals surface area contributed by atoms with Gasteiger partial charge in [-0.15, -0.1) is 0 Å². The second-order valence-electron chi connectivity index (χ2n) is 6.98. The van der Waals surface area contributed by atoms with Gasteiger partial charge in [0.1, 0.15) is 0 Å². The van der Waals surface area contributed by atoms with Crippen LogP contribution in [0.15, 0.2) is 42.5 Å². The van der Waals surface area contributed by atoms with E-state index in [0.717, 1.165) is 53.5 Å². The number of piperidine rings is 1. The van der Waals surface area contributed by atoms with Gasteiger partial charge in [0.25, 0.3) is 5.91 Å². The molecule has 1 aromatic heterocycles. The highest BCUT2D eigenvalue weighted by Crippen LogP contribution is 2.29. The van der Waals surface area contributed by atoms with Crippen LogP contribution in [0.5, 0.6) is 5.88 Å². The number of nitrogens with two attached hydrogens (primary N) is 1. The third-order valence-corrected chi connectivity index (χ3v) is 5.07. The molecule has 6 nitrogen and oxygen atoms in total. The number of amides is 1. The van der Waals surface area contributed by atoms with Gasteiger partial charge in [0, 0.05) is 18.7 Å². The van der Waals surface area contributed by atoms with Gasteiger partial charge < -0.3 is 15.4 Å². The van der Waals surface area contributed by atoms with E-state index in [-0.39, 0.29) is 11.9 Å². The maximum atomic E-state index is 12.7. The van der Waals surface area contributed by atoms with Crippen LogP contribution in [-0.4, -0.2) is 40.5 Å². The van der Waals surface area contributed by atoms with E-state index in [1.54, 1.807) is 0 Å². The Balaban J connectivity index is 1.63. The normalized spacial score (nSPS) is 14.2. The molecule has 0 spiro atoms. The SMILES string of the molecule is CCOc1nc(N)nc2ccc(-c3ccc(C(=O)N4CCCCC4)cc3)cc12. The zero-order valence-corrected chi connectivity index (χ0v) is 16.0. The topological polar surface area (TPSA) is 81.3 Å². The van der Waals surface area contributed by atoms with Crippen LogP contribution in [0.2, 0.25) is 0 Å². The van der Waals surface area contributed by atoms with Crippen LogP contribution in [-0.2, 0) is 0 Å². The smallest absolute Gasteiger partial charge is 0.253 e. The summed E-state index contributed by atoms with van der Waals surface area (Å²) in [6.45, 7) is 4.12. The van der Waals surface area contributed by atoms with E-state index in [1.165, 1.54) is 6.42 Å². The molecule has 0 atom stereocenters. The van der Waals surface area contributed by atoms with E-state index >= 15 is 0 Å².